The largest absolute Gasteiger partial charge is 0.497 e. The highest BCUT2D eigenvalue weighted by Gasteiger charge is 2.07. The van der Waals surface area contributed by atoms with Crippen LogP contribution < -0.4 is 20.1 Å². The number of carbonyl (C=O) groups is 1. The molecule has 7 heteroatoms. The van der Waals surface area contributed by atoms with Gasteiger partial charge in [0.2, 0.25) is 0 Å². The Morgan fingerprint density at radius 3 is 2.50 bits per heavy atom. The van der Waals surface area contributed by atoms with E-state index < -0.39 is 0 Å². The zero-order chi connectivity index (χ0) is 17.5. The number of hydrogen-bond donors (Lipinski definition) is 2. The van der Waals surface area contributed by atoms with Crippen LogP contribution in [0.3, 0.4) is 0 Å². The van der Waals surface area contributed by atoms with Gasteiger partial charge in [-0.25, -0.2) is 4.79 Å². The predicted octanol–water partition coefficient (Wildman–Crippen LogP) is 4.37. The minimum atomic E-state index is -0.324. The molecular formula is C17H18Cl2N2O3. The van der Waals surface area contributed by atoms with Crippen molar-refractivity contribution in [3.8, 4) is 11.5 Å². The van der Waals surface area contributed by atoms with Gasteiger partial charge >= 0.3 is 6.03 Å². The second kappa shape index (κ2) is 8.66. The van der Waals surface area contributed by atoms with E-state index in [-0.39, 0.29) is 6.03 Å². The van der Waals surface area contributed by atoms with Gasteiger partial charge in [0.15, 0.2) is 0 Å². The molecule has 2 aromatic rings. The number of methoxy groups -OCH3 is 2. The van der Waals surface area contributed by atoms with Crippen molar-refractivity contribution in [1.29, 1.82) is 0 Å². The van der Waals surface area contributed by atoms with Gasteiger partial charge in [0.1, 0.15) is 11.5 Å². The Bertz CT molecular complexity index is 723. The number of carbonyl (C=O) groups excluding carboxylic acids is 1. The third-order valence-corrected chi connectivity index (χ3v) is 4.08. The van der Waals surface area contributed by atoms with Gasteiger partial charge in [-0.1, -0.05) is 23.2 Å². The molecule has 0 fully saturated rings. The van der Waals surface area contributed by atoms with Crippen molar-refractivity contribution in [3.05, 3.63) is 52.0 Å². The fourth-order valence-electron chi connectivity index (χ4n) is 2.14. The minimum Gasteiger partial charge on any atom is -0.497 e. The summed E-state index contributed by atoms with van der Waals surface area (Å²) in [7, 11) is 3.21. The molecule has 0 bridgehead atoms. The van der Waals surface area contributed by atoms with E-state index in [1.807, 2.05) is 18.2 Å². The number of anilines is 1. The van der Waals surface area contributed by atoms with E-state index in [1.54, 1.807) is 32.4 Å². The van der Waals surface area contributed by atoms with Crippen LogP contribution >= 0.6 is 23.2 Å². The molecular weight excluding hydrogens is 351 g/mol. The Morgan fingerprint density at radius 1 is 1.04 bits per heavy atom. The maximum absolute atomic E-state index is 11.9. The van der Waals surface area contributed by atoms with Crippen LogP contribution in [0.4, 0.5) is 10.5 Å². The Labute approximate surface area is 150 Å². The van der Waals surface area contributed by atoms with Crippen LogP contribution in [-0.4, -0.2) is 26.8 Å². The molecule has 0 aliphatic carbocycles. The van der Waals surface area contributed by atoms with Crippen LogP contribution in [0.2, 0.25) is 10.0 Å². The molecule has 128 valence electrons. The Hall–Kier alpha value is -2.11. The van der Waals surface area contributed by atoms with Gasteiger partial charge in [-0.15, -0.1) is 0 Å². The van der Waals surface area contributed by atoms with Gasteiger partial charge in [-0.3, -0.25) is 0 Å². The average Bonchev–Trinajstić information content (AvgIpc) is 2.58. The first-order chi connectivity index (χ1) is 11.5. The molecule has 2 amide bonds. The highest BCUT2D eigenvalue weighted by molar-refractivity contribution is 6.42. The summed E-state index contributed by atoms with van der Waals surface area (Å²) in [5, 5.41) is 6.30. The fourth-order valence-corrected chi connectivity index (χ4v) is 2.44. The van der Waals surface area contributed by atoms with Crippen LogP contribution in [0.25, 0.3) is 0 Å². The van der Waals surface area contributed by atoms with Crippen LogP contribution in [0.1, 0.15) is 5.56 Å². The molecule has 0 atom stereocenters. The van der Waals surface area contributed by atoms with Crippen LogP contribution in [-0.2, 0) is 6.42 Å². The van der Waals surface area contributed by atoms with Crippen LogP contribution in [0.15, 0.2) is 36.4 Å². The lowest BCUT2D eigenvalue weighted by Gasteiger charge is -2.12. The van der Waals surface area contributed by atoms with Crippen molar-refractivity contribution >= 4 is 34.9 Å². The molecule has 0 aromatic heterocycles. The summed E-state index contributed by atoms with van der Waals surface area (Å²) in [5.41, 5.74) is 1.52. The quantitative estimate of drug-likeness (QED) is 0.795. The summed E-state index contributed by atoms with van der Waals surface area (Å²) in [6.45, 7) is 0.441. The van der Waals surface area contributed by atoms with Crippen molar-refractivity contribution in [2.24, 2.45) is 0 Å². The van der Waals surface area contributed by atoms with Crippen LogP contribution in [0, 0.1) is 0 Å². The second-order valence-electron chi connectivity index (χ2n) is 4.94. The normalized spacial score (nSPS) is 10.2. The zero-order valence-corrected chi connectivity index (χ0v) is 14.9. The Kier molecular flexibility index (Phi) is 6.58. The smallest absolute Gasteiger partial charge is 0.319 e. The zero-order valence-electron chi connectivity index (χ0n) is 13.4. The lowest BCUT2D eigenvalue weighted by Crippen LogP contribution is -2.30. The standard InChI is InChI=1S/C17H18Cl2N2O3/c1-23-13-4-6-16(24-2)11(9-13)7-8-20-17(22)21-12-3-5-14(18)15(19)10-12/h3-6,9-10H,7-8H2,1-2H3,(H2,20,21,22). The molecule has 0 aliphatic heterocycles. The Morgan fingerprint density at radius 2 is 1.83 bits per heavy atom. The summed E-state index contributed by atoms with van der Waals surface area (Å²) in [6.07, 6.45) is 0.606. The lowest BCUT2D eigenvalue weighted by atomic mass is 10.1. The number of amides is 2. The molecule has 0 unspecified atom stereocenters. The van der Waals surface area contributed by atoms with Gasteiger partial charge < -0.3 is 20.1 Å². The number of hydrogen-bond acceptors (Lipinski definition) is 3. The predicted molar refractivity (Wildman–Crippen MR) is 96.7 cm³/mol. The topological polar surface area (TPSA) is 59.6 Å². The first-order valence-corrected chi connectivity index (χ1v) is 8.00. The molecule has 2 aromatic carbocycles. The monoisotopic (exact) mass is 368 g/mol. The van der Waals surface area contributed by atoms with Crippen molar-refractivity contribution in [3.63, 3.8) is 0 Å². The van der Waals surface area contributed by atoms with E-state index >= 15 is 0 Å². The average molecular weight is 369 g/mol. The third-order valence-electron chi connectivity index (χ3n) is 3.34. The number of urea groups is 1. The summed E-state index contributed by atoms with van der Waals surface area (Å²) in [4.78, 5) is 11.9. The molecule has 0 radical (unpaired) electrons. The van der Waals surface area contributed by atoms with Gasteiger partial charge in [-0.2, -0.15) is 0 Å². The summed E-state index contributed by atoms with van der Waals surface area (Å²) < 4.78 is 10.5. The highest BCUT2D eigenvalue weighted by atomic mass is 35.5. The van der Waals surface area contributed by atoms with Crippen LogP contribution in [0.5, 0.6) is 11.5 Å². The first kappa shape index (κ1) is 18.2. The second-order valence-corrected chi connectivity index (χ2v) is 5.75. The lowest BCUT2D eigenvalue weighted by molar-refractivity contribution is 0.252. The Balaban J connectivity index is 1.89. The summed E-state index contributed by atoms with van der Waals surface area (Å²) >= 11 is 11.8. The fraction of sp³-hybridized carbons (Fsp3) is 0.235. The molecule has 2 N–H and O–H groups in total. The van der Waals surface area contributed by atoms with E-state index in [4.69, 9.17) is 32.7 Å². The molecule has 0 saturated carbocycles. The number of ether oxygens (including phenoxy) is 2. The molecule has 5 nitrogen and oxygen atoms in total. The van der Waals surface area contributed by atoms with E-state index in [0.29, 0.717) is 28.7 Å². The molecule has 0 spiro atoms. The van der Waals surface area contributed by atoms with E-state index in [9.17, 15) is 4.79 Å². The number of rotatable bonds is 6. The van der Waals surface area contributed by atoms with Crippen molar-refractivity contribution in [2.75, 3.05) is 26.1 Å². The highest BCUT2D eigenvalue weighted by Crippen LogP contribution is 2.25. The van der Waals surface area contributed by atoms with Crippen molar-refractivity contribution in [1.82, 2.24) is 5.32 Å². The van der Waals surface area contributed by atoms with Gasteiger partial charge in [-0.05, 0) is 48.4 Å². The van der Waals surface area contributed by atoms with Crippen molar-refractivity contribution < 1.29 is 14.3 Å². The molecule has 0 saturated heterocycles. The van der Waals surface area contributed by atoms with E-state index in [1.165, 1.54) is 0 Å². The number of halogens is 2. The number of benzene rings is 2. The van der Waals surface area contributed by atoms with Gasteiger partial charge in [0.05, 0.1) is 24.3 Å². The SMILES string of the molecule is COc1ccc(OC)c(CCNC(=O)Nc2ccc(Cl)c(Cl)c2)c1. The summed E-state index contributed by atoms with van der Waals surface area (Å²) in [5.74, 6) is 1.49. The molecule has 2 rings (SSSR count). The molecule has 0 heterocycles. The minimum absolute atomic E-state index is 0.324. The van der Waals surface area contributed by atoms with E-state index in [2.05, 4.69) is 10.6 Å². The number of nitrogens with one attached hydrogen (secondary N) is 2. The summed E-state index contributed by atoms with van der Waals surface area (Å²) in [6, 6.07) is 10.1. The molecule has 0 aliphatic rings. The molecule has 24 heavy (non-hydrogen) atoms. The van der Waals surface area contributed by atoms with E-state index in [0.717, 1.165) is 17.1 Å². The maximum atomic E-state index is 11.9. The van der Waals surface area contributed by atoms with Gasteiger partial charge in [0, 0.05) is 12.2 Å². The third kappa shape index (κ3) is 4.94. The first-order valence-electron chi connectivity index (χ1n) is 7.24. The van der Waals surface area contributed by atoms with Gasteiger partial charge in [0.25, 0.3) is 0 Å². The maximum Gasteiger partial charge on any atom is 0.319 e. The van der Waals surface area contributed by atoms with Crippen molar-refractivity contribution in [2.45, 2.75) is 6.42 Å².